The second-order valence-corrected chi connectivity index (χ2v) is 4.30. The Balaban J connectivity index is 3.15. The van der Waals surface area contributed by atoms with E-state index in [2.05, 4.69) is 0 Å². The summed E-state index contributed by atoms with van der Waals surface area (Å²) in [6, 6.07) is 2.75. The number of hydrogen-bond donors (Lipinski definition) is 0. The quantitative estimate of drug-likeness (QED) is 0.693. The van der Waals surface area contributed by atoms with Gasteiger partial charge in [0.2, 0.25) is 0 Å². The molecule has 1 aromatic heterocycles. The molecule has 0 spiro atoms. The molecule has 16 heavy (non-hydrogen) atoms. The van der Waals surface area contributed by atoms with Crippen molar-refractivity contribution in [2.24, 2.45) is 7.05 Å². The van der Waals surface area contributed by atoms with E-state index >= 15 is 0 Å². The highest BCUT2D eigenvalue weighted by Crippen LogP contribution is 2.27. The van der Waals surface area contributed by atoms with Gasteiger partial charge in [-0.05, 0) is 31.5 Å². The number of aromatic nitrogens is 1. The third-order valence-corrected chi connectivity index (χ3v) is 3.28. The van der Waals surface area contributed by atoms with Gasteiger partial charge in [0, 0.05) is 18.0 Å². The number of halogens is 2. The molecule has 1 heterocycles. The summed E-state index contributed by atoms with van der Waals surface area (Å²) >= 11 is 6.07. The van der Waals surface area contributed by atoms with E-state index in [0.717, 1.165) is 0 Å². The second-order valence-electron chi connectivity index (χ2n) is 3.92. The minimum atomic E-state index is -0.343. The van der Waals surface area contributed by atoms with Crippen molar-refractivity contribution in [3.63, 3.8) is 0 Å². The fraction of sp³-hybridized carbons (Fsp3) is 0.250. The number of aryl methyl sites for hydroxylation is 2. The van der Waals surface area contributed by atoms with Crippen molar-refractivity contribution in [3.05, 3.63) is 44.5 Å². The molecule has 1 aromatic carbocycles. The Kier molecular flexibility index (Phi) is 2.50. The molecule has 0 fully saturated rings. The maximum Gasteiger partial charge on any atom is 0.255 e. The summed E-state index contributed by atoms with van der Waals surface area (Å²) in [7, 11) is 1.67. The third-order valence-electron chi connectivity index (χ3n) is 2.79. The van der Waals surface area contributed by atoms with Crippen LogP contribution in [-0.2, 0) is 7.05 Å². The van der Waals surface area contributed by atoms with Crippen LogP contribution in [0.25, 0.3) is 10.9 Å². The van der Waals surface area contributed by atoms with Gasteiger partial charge in [-0.2, -0.15) is 0 Å². The summed E-state index contributed by atoms with van der Waals surface area (Å²) in [5.74, 6) is -0.343. The molecule has 4 heteroatoms. The summed E-state index contributed by atoms with van der Waals surface area (Å²) in [5.41, 5.74) is 1.69. The average Bonchev–Trinajstić information content (AvgIpc) is 2.22. The number of rotatable bonds is 0. The number of benzene rings is 1. The molecule has 0 amide bonds. The molecule has 0 radical (unpaired) electrons. The molecule has 0 saturated heterocycles. The zero-order chi connectivity index (χ0) is 12.0. The maximum absolute atomic E-state index is 13.3. The van der Waals surface area contributed by atoms with E-state index in [1.165, 1.54) is 16.7 Å². The lowest BCUT2D eigenvalue weighted by molar-refractivity contribution is 0.628. The SMILES string of the molecule is Cc1c(Cl)c2cc(F)cc(C)c2n(C)c1=O. The zero-order valence-electron chi connectivity index (χ0n) is 9.27. The van der Waals surface area contributed by atoms with Crippen molar-refractivity contribution in [2.45, 2.75) is 13.8 Å². The average molecular weight is 240 g/mol. The van der Waals surface area contributed by atoms with Crippen LogP contribution in [0.4, 0.5) is 4.39 Å². The molecular weight excluding hydrogens is 229 g/mol. The molecule has 2 aromatic rings. The standard InChI is InChI=1S/C12H11ClFNO/c1-6-4-8(14)5-9-10(13)7(2)12(16)15(3)11(6)9/h4-5H,1-3H3. The van der Waals surface area contributed by atoms with Gasteiger partial charge in [0.1, 0.15) is 5.82 Å². The highest BCUT2D eigenvalue weighted by atomic mass is 35.5. The number of hydrogen-bond acceptors (Lipinski definition) is 1. The number of pyridine rings is 1. The molecule has 0 saturated carbocycles. The monoisotopic (exact) mass is 239 g/mol. The summed E-state index contributed by atoms with van der Waals surface area (Å²) in [6.45, 7) is 3.40. The molecular formula is C12H11ClFNO. The first-order chi connectivity index (χ1) is 7.43. The molecule has 0 unspecified atom stereocenters. The van der Waals surface area contributed by atoms with Gasteiger partial charge in [-0.15, -0.1) is 0 Å². The molecule has 0 atom stereocenters. The molecule has 2 rings (SSSR count). The van der Waals surface area contributed by atoms with Crippen molar-refractivity contribution in [1.29, 1.82) is 0 Å². The minimum Gasteiger partial charge on any atom is -0.311 e. The van der Waals surface area contributed by atoms with Crippen LogP contribution in [0.2, 0.25) is 5.02 Å². The first kappa shape index (κ1) is 11.1. The van der Waals surface area contributed by atoms with Crippen molar-refractivity contribution in [1.82, 2.24) is 4.57 Å². The Morgan fingerprint density at radius 3 is 2.56 bits per heavy atom. The van der Waals surface area contributed by atoms with Crippen LogP contribution < -0.4 is 5.56 Å². The molecule has 0 bridgehead atoms. The normalized spacial score (nSPS) is 11.1. The van der Waals surface area contributed by atoms with Gasteiger partial charge in [0.15, 0.2) is 0 Å². The summed E-state index contributed by atoms with van der Waals surface area (Å²) in [4.78, 5) is 11.8. The van der Waals surface area contributed by atoms with Gasteiger partial charge in [-0.1, -0.05) is 11.6 Å². The third kappa shape index (κ3) is 1.43. The molecule has 0 aliphatic rings. The lowest BCUT2D eigenvalue weighted by Crippen LogP contribution is -2.20. The van der Waals surface area contributed by atoms with Crippen LogP contribution in [0.15, 0.2) is 16.9 Å². The molecule has 0 aliphatic carbocycles. The minimum absolute atomic E-state index is 0.146. The molecule has 0 aliphatic heterocycles. The molecule has 0 N–H and O–H groups in total. The Morgan fingerprint density at radius 1 is 1.31 bits per heavy atom. The van der Waals surface area contributed by atoms with Crippen molar-refractivity contribution in [3.8, 4) is 0 Å². The molecule has 2 nitrogen and oxygen atoms in total. The first-order valence-corrected chi connectivity index (χ1v) is 5.26. The maximum atomic E-state index is 13.3. The Hall–Kier alpha value is -1.35. The highest BCUT2D eigenvalue weighted by Gasteiger charge is 2.12. The Morgan fingerprint density at radius 2 is 1.94 bits per heavy atom. The lowest BCUT2D eigenvalue weighted by Gasteiger charge is -2.11. The Labute approximate surface area is 97.3 Å². The van der Waals surface area contributed by atoms with E-state index < -0.39 is 0 Å². The van der Waals surface area contributed by atoms with Crippen LogP contribution in [0, 0.1) is 19.7 Å². The van der Waals surface area contributed by atoms with Gasteiger partial charge >= 0.3 is 0 Å². The van der Waals surface area contributed by atoms with Gasteiger partial charge in [0.25, 0.3) is 5.56 Å². The Bertz CT molecular complexity index is 646. The van der Waals surface area contributed by atoms with E-state index in [1.807, 2.05) is 0 Å². The van der Waals surface area contributed by atoms with Crippen molar-refractivity contribution < 1.29 is 4.39 Å². The van der Waals surface area contributed by atoms with E-state index in [-0.39, 0.29) is 11.4 Å². The second kappa shape index (κ2) is 3.59. The predicted octanol–water partition coefficient (Wildman–Crippen LogP) is 2.95. The van der Waals surface area contributed by atoms with E-state index in [0.29, 0.717) is 27.1 Å². The predicted molar refractivity (Wildman–Crippen MR) is 63.6 cm³/mol. The summed E-state index contributed by atoms with van der Waals surface area (Å²) < 4.78 is 14.8. The topological polar surface area (TPSA) is 22.0 Å². The van der Waals surface area contributed by atoms with Gasteiger partial charge < -0.3 is 4.57 Å². The van der Waals surface area contributed by atoms with E-state index in [1.54, 1.807) is 20.9 Å². The fourth-order valence-electron chi connectivity index (χ4n) is 2.00. The number of nitrogens with zero attached hydrogens (tertiary/aromatic N) is 1. The van der Waals surface area contributed by atoms with Crippen LogP contribution in [-0.4, -0.2) is 4.57 Å². The van der Waals surface area contributed by atoms with Crippen LogP contribution in [0.1, 0.15) is 11.1 Å². The van der Waals surface area contributed by atoms with Gasteiger partial charge in [-0.25, -0.2) is 4.39 Å². The summed E-state index contributed by atoms with van der Waals surface area (Å²) in [5, 5.41) is 0.916. The van der Waals surface area contributed by atoms with E-state index in [9.17, 15) is 9.18 Å². The van der Waals surface area contributed by atoms with Crippen molar-refractivity contribution >= 4 is 22.5 Å². The van der Waals surface area contributed by atoms with Crippen LogP contribution in [0.3, 0.4) is 0 Å². The van der Waals surface area contributed by atoms with Gasteiger partial charge in [-0.3, -0.25) is 4.79 Å². The fourth-order valence-corrected chi connectivity index (χ4v) is 2.22. The lowest BCUT2D eigenvalue weighted by atomic mass is 10.1. The van der Waals surface area contributed by atoms with E-state index in [4.69, 9.17) is 11.6 Å². The highest BCUT2D eigenvalue weighted by molar-refractivity contribution is 6.36. The van der Waals surface area contributed by atoms with Crippen LogP contribution >= 0.6 is 11.6 Å². The molecule has 84 valence electrons. The number of fused-ring (bicyclic) bond motifs is 1. The smallest absolute Gasteiger partial charge is 0.255 e. The van der Waals surface area contributed by atoms with Crippen molar-refractivity contribution in [2.75, 3.05) is 0 Å². The summed E-state index contributed by atoms with van der Waals surface area (Å²) in [6.07, 6.45) is 0. The first-order valence-electron chi connectivity index (χ1n) is 4.88. The van der Waals surface area contributed by atoms with Crippen LogP contribution in [0.5, 0.6) is 0 Å². The zero-order valence-corrected chi connectivity index (χ0v) is 10.0. The van der Waals surface area contributed by atoms with Gasteiger partial charge in [0.05, 0.1) is 10.5 Å². The largest absolute Gasteiger partial charge is 0.311 e.